The molecular formula is C9H15N3O2. The van der Waals surface area contributed by atoms with Gasteiger partial charge >= 0.3 is 0 Å². The summed E-state index contributed by atoms with van der Waals surface area (Å²) in [6.07, 6.45) is 4.36. The zero-order valence-corrected chi connectivity index (χ0v) is 8.49. The Morgan fingerprint density at radius 3 is 3.07 bits per heavy atom. The minimum Gasteiger partial charge on any atom is -0.375 e. The van der Waals surface area contributed by atoms with Gasteiger partial charge in [0.05, 0.1) is 0 Å². The lowest BCUT2D eigenvalue weighted by Gasteiger charge is -2.04. The number of rotatable bonds is 5. The highest BCUT2D eigenvalue weighted by molar-refractivity contribution is 5.77. The molecule has 0 fully saturated rings. The molecule has 0 aliphatic carbocycles. The van der Waals surface area contributed by atoms with E-state index in [4.69, 9.17) is 0 Å². The molecule has 0 aromatic carbocycles. The van der Waals surface area contributed by atoms with Crippen molar-refractivity contribution in [2.75, 3.05) is 20.3 Å². The van der Waals surface area contributed by atoms with Crippen LogP contribution in [0.2, 0.25) is 0 Å². The van der Waals surface area contributed by atoms with E-state index < -0.39 is 0 Å². The molecule has 0 aliphatic heterocycles. The van der Waals surface area contributed by atoms with E-state index in [0.717, 1.165) is 12.2 Å². The van der Waals surface area contributed by atoms with Gasteiger partial charge in [0, 0.05) is 39.5 Å². The molecule has 1 amide bonds. The summed E-state index contributed by atoms with van der Waals surface area (Å²) in [6.45, 7) is 0.702. The zero-order valence-electron chi connectivity index (χ0n) is 8.49. The minimum absolute atomic E-state index is 0.0956. The van der Waals surface area contributed by atoms with Crippen molar-refractivity contribution in [3.8, 4) is 0 Å². The van der Waals surface area contributed by atoms with E-state index in [1.807, 2.05) is 17.8 Å². The van der Waals surface area contributed by atoms with Gasteiger partial charge in [0.2, 0.25) is 5.91 Å². The lowest BCUT2D eigenvalue weighted by molar-refractivity contribution is -0.124. The van der Waals surface area contributed by atoms with Crippen molar-refractivity contribution >= 4 is 5.91 Å². The number of carbonyl (C=O) groups excluding carboxylic acids is 1. The Kier molecular flexibility index (Phi) is 4.12. The van der Waals surface area contributed by atoms with Crippen LogP contribution >= 0.6 is 0 Å². The number of ether oxygens (including phenoxy) is 1. The number of carbonyl (C=O) groups is 1. The summed E-state index contributed by atoms with van der Waals surface area (Å²) in [5.41, 5.74) is 0. The number of aryl methyl sites for hydroxylation is 1. The highest BCUT2D eigenvalue weighted by Gasteiger charge is 2.01. The number of nitrogens with one attached hydrogen (secondary N) is 1. The quantitative estimate of drug-likeness (QED) is 0.706. The van der Waals surface area contributed by atoms with E-state index >= 15 is 0 Å². The van der Waals surface area contributed by atoms with Gasteiger partial charge in [-0.25, -0.2) is 4.98 Å². The molecule has 0 aliphatic rings. The number of hydrogen-bond acceptors (Lipinski definition) is 3. The van der Waals surface area contributed by atoms with E-state index in [2.05, 4.69) is 15.0 Å². The first-order valence-electron chi connectivity index (χ1n) is 4.46. The summed E-state index contributed by atoms with van der Waals surface area (Å²) in [5, 5.41) is 2.73. The first-order chi connectivity index (χ1) is 6.74. The van der Waals surface area contributed by atoms with E-state index in [-0.39, 0.29) is 12.5 Å². The Morgan fingerprint density at radius 1 is 1.71 bits per heavy atom. The fourth-order valence-electron chi connectivity index (χ4n) is 1.13. The zero-order chi connectivity index (χ0) is 10.4. The number of methoxy groups -OCH3 is 1. The van der Waals surface area contributed by atoms with Gasteiger partial charge in [0.15, 0.2) is 0 Å². The molecule has 14 heavy (non-hydrogen) atoms. The van der Waals surface area contributed by atoms with Crippen molar-refractivity contribution in [3.63, 3.8) is 0 Å². The molecule has 0 saturated heterocycles. The van der Waals surface area contributed by atoms with Crippen LogP contribution in [0.15, 0.2) is 12.4 Å². The number of aromatic nitrogens is 2. The minimum atomic E-state index is -0.0956. The number of hydrogen-bond donors (Lipinski definition) is 1. The Morgan fingerprint density at radius 2 is 2.50 bits per heavy atom. The largest absolute Gasteiger partial charge is 0.375 e. The summed E-state index contributed by atoms with van der Waals surface area (Å²) in [7, 11) is 3.43. The van der Waals surface area contributed by atoms with Gasteiger partial charge in [-0.15, -0.1) is 0 Å². The van der Waals surface area contributed by atoms with Crippen molar-refractivity contribution in [3.05, 3.63) is 18.2 Å². The Bertz CT molecular complexity index is 296. The van der Waals surface area contributed by atoms with Crippen molar-refractivity contribution in [2.45, 2.75) is 6.42 Å². The van der Waals surface area contributed by atoms with Crippen LogP contribution in [0.25, 0.3) is 0 Å². The third-order valence-electron chi connectivity index (χ3n) is 1.87. The van der Waals surface area contributed by atoms with Crippen molar-refractivity contribution in [1.82, 2.24) is 14.9 Å². The standard InChI is InChI=1S/C9H15N3O2/c1-12-6-5-10-8(12)3-4-11-9(13)7-14-2/h5-6H,3-4,7H2,1-2H3,(H,11,13). The van der Waals surface area contributed by atoms with Crippen LogP contribution < -0.4 is 5.32 Å². The van der Waals surface area contributed by atoms with Crippen LogP contribution in [0.5, 0.6) is 0 Å². The molecule has 0 radical (unpaired) electrons. The monoisotopic (exact) mass is 197 g/mol. The second kappa shape index (κ2) is 5.39. The summed E-state index contributed by atoms with van der Waals surface area (Å²) < 4.78 is 6.62. The number of imidazole rings is 1. The van der Waals surface area contributed by atoms with Crippen LogP contribution in [0, 0.1) is 0 Å². The molecular weight excluding hydrogens is 182 g/mol. The molecule has 78 valence electrons. The highest BCUT2D eigenvalue weighted by atomic mass is 16.5. The van der Waals surface area contributed by atoms with Gasteiger partial charge in [-0.05, 0) is 0 Å². The van der Waals surface area contributed by atoms with Crippen molar-refractivity contribution in [1.29, 1.82) is 0 Å². The Hall–Kier alpha value is -1.36. The van der Waals surface area contributed by atoms with Gasteiger partial charge in [0.1, 0.15) is 12.4 Å². The van der Waals surface area contributed by atoms with Crippen LogP contribution in [0.1, 0.15) is 5.82 Å². The predicted octanol–water partition coefficient (Wildman–Crippen LogP) is -0.275. The first-order valence-corrected chi connectivity index (χ1v) is 4.46. The molecule has 0 unspecified atom stereocenters. The molecule has 0 bridgehead atoms. The first kappa shape index (κ1) is 10.7. The van der Waals surface area contributed by atoms with E-state index in [9.17, 15) is 4.79 Å². The second-order valence-corrected chi connectivity index (χ2v) is 2.99. The Labute approximate surface area is 83.1 Å². The lowest BCUT2D eigenvalue weighted by atomic mass is 10.4. The van der Waals surface area contributed by atoms with Crippen LogP contribution in [0.3, 0.4) is 0 Å². The molecule has 1 rings (SSSR count). The fraction of sp³-hybridized carbons (Fsp3) is 0.556. The molecule has 0 spiro atoms. The van der Waals surface area contributed by atoms with Crippen molar-refractivity contribution in [2.24, 2.45) is 7.05 Å². The van der Waals surface area contributed by atoms with Crippen LogP contribution in [-0.2, 0) is 23.0 Å². The van der Waals surface area contributed by atoms with Crippen LogP contribution in [-0.4, -0.2) is 35.7 Å². The smallest absolute Gasteiger partial charge is 0.245 e. The third kappa shape index (κ3) is 3.18. The summed E-state index contributed by atoms with van der Waals surface area (Å²) in [5.74, 6) is 0.865. The maximum atomic E-state index is 11.0. The third-order valence-corrected chi connectivity index (χ3v) is 1.87. The Balaban J connectivity index is 2.22. The molecule has 1 N–H and O–H groups in total. The molecule has 0 atom stereocenters. The topological polar surface area (TPSA) is 56.1 Å². The number of amides is 1. The predicted molar refractivity (Wildman–Crippen MR) is 51.8 cm³/mol. The summed E-state index contributed by atoms with van der Waals surface area (Å²) in [4.78, 5) is 15.1. The molecule has 1 aromatic rings. The van der Waals surface area contributed by atoms with Gasteiger partial charge in [0.25, 0.3) is 0 Å². The normalized spacial score (nSPS) is 10.1. The average molecular weight is 197 g/mol. The SMILES string of the molecule is COCC(=O)NCCc1nccn1C. The van der Waals surface area contributed by atoms with Gasteiger partial charge in [-0.1, -0.05) is 0 Å². The lowest BCUT2D eigenvalue weighted by Crippen LogP contribution is -2.29. The highest BCUT2D eigenvalue weighted by Crippen LogP contribution is 1.93. The number of nitrogens with zero attached hydrogens (tertiary/aromatic N) is 2. The summed E-state index contributed by atoms with van der Waals surface area (Å²) >= 11 is 0. The average Bonchev–Trinajstić information content (AvgIpc) is 2.52. The molecule has 5 nitrogen and oxygen atoms in total. The van der Waals surface area contributed by atoms with Gasteiger partial charge < -0.3 is 14.6 Å². The second-order valence-electron chi connectivity index (χ2n) is 2.99. The maximum Gasteiger partial charge on any atom is 0.245 e. The van der Waals surface area contributed by atoms with Gasteiger partial charge in [-0.3, -0.25) is 4.79 Å². The van der Waals surface area contributed by atoms with Gasteiger partial charge in [-0.2, -0.15) is 0 Å². The molecule has 0 saturated carbocycles. The molecule has 1 aromatic heterocycles. The van der Waals surface area contributed by atoms with E-state index in [1.165, 1.54) is 7.11 Å². The summed E-state index contributed by atoms with van der Waals surface area (Å²) in [6, 6.07) is 0. The molecule has 5 heteroatoms. The maximum absolute atomic E-state index is 11.0. The van der Waals surface area contributed by atoms with E-state index in [0.29, 0.717) is 6.54 Å². The molecule has 1 heterocycles. The van der Waals surface area contributed by atoms with Crippen LogP contribution in [0.4, 0.5) is 0 Å². The van der Waals surface area contributed by atoms with Crippen molar-refractivity contribution < 1.29 is 9.53 Å². The van der Waals surface area contributed by atoms with E-state index in [1.54, 1.807) is 6.20 Å². The fourth-order valence-corrected chi connectivity index (χ4v) is 1.13.